The van der Waals surface area contributed by atoms with Crippen LogP contribution in [0.1, 0.15) is 30.1 Å². The molecule has 0 aromatic heterocycles. The van der Waals surface area contributed by atoms with Crippen molar-refractivity contribution in [3.63, 3.8) is 0 Å². The Bertz CT molecular complexity index is 746. The number of amides is 3. The zero-order valence-electron chi connectivity index (χ0n) is 14.2. The van der Waals surface area contributed by atoms with Crippen LogP contribution in [0.5, 0.6) is 0 Å². The summed E-state index contributed by atoms with van der Waals surface area (Å²) >= 11 is 0. The third kappa shape index (κ3) is 2.50. The summed E-state index contributed by atoms with van der Waals surface area (Å²) in [4.78, 5) is 41.1. The fourth-order valence-corrected chi connectivity index (χ4v) is 3.89. The smallest absolute Gasteiger partial charge is 0.258 e. The number of rotatable bonds is 4. The maximum Gasteiger partial charge on any atom is 0.258 e. The molecule has 2 saturated heterocycles. The summed E-state index contributed by atoms with van der Waals surface area (Å²) in [6, 6.07) is 7.12. The first-order valence-corrected chi connectivity index (χ1v) is 8.72. The van der Waals surface area contributed by atoms with Gasteiger partial charge in [0, 0.05) is 32.0 Å². The van der Waals surface area contributed by atoms with Gasteiger partial charge >= 0.3 is 0 Å². The number of hydrogen-bond donors (Lipinski definition) is 2. The minimum absolute atomic E-state index is 0.00611. The van der Waals surface area contributed by atoms with Crippen molar-refractivity contribution in [3.05, 3.63) is 29.8 Å². The molecule has 7 nitrogen and oxygen atoms in total. The van der Waals surface area contributed by atoms with Gasteiger partial charge in [0.1, 0.15) is 12.2 Å². The van der Waals surface area contributed by atoms with E-state index in [9.17, 15) is 14.4 Å². The van der Waals surface area contributed by atoms with E-state index < -0.39 is 5.66 Å². The van der Waals surface area contributed by atoms with Crippen LogP contribution in [0.2, 0.25) is 0 Å². The summed E-state index contributed by atoms with van der Waals surface area (Å²) in [5.41, 5.74) is 0.346. The monoisotopic (exact) mass is 342 g/mol. The highest BCUT2D eigenvalue weighted by Gasteiger charge is 2.53. The van der Waals surface area contributed by atoms with Crippen LogP contribution in [-0.2, 0) is 9.59 Å². The number of nitrogens with one attached hydrogen (secondary N) is 2. The van der Waals surface area contributed by atoms with Gasteiger partial charge in [0.2, 0.25) is 11.8 Å². The lowest BCUT2D eigenvalue weighted by Gasteiger charge is -2.48. The van der Waals surface area contributed by atoms with Gasteiger partial charge in [0.05, 0.1) is 11.3 Å². The fraction of sp³-hybridized carbons (Fsp3) is 0.500. The Hall–Kier alpha value is -2.41. The highest BCUT2D eigenvalue weighted by atomic mass is 16.2. The van der Waals surface area contributed by atoms with Gasteiger partial charge in [-0.15, -0.1) is 0 Å². The molecule has 2 N–H and O–H groups in total. The van der Waals surface area contributed by atoms with Crippen LogP contribution in [0.25, 0.3) is 0 Å². The fourth-order valence-electron chi connectivity index (χ4n) is 3.89. The molecular weight excluding hydrogens is 320 g/mol. The quantitative estimate of drug-likeness (QED) is 0.826. The number of nitrogens with zero attached hydrogens (tertiary/aromatic N) is 2. The molecule has 0 aliphatic carbocycles. The van der Waals surface area contributed by atoms with E-state index in [1.807, 2.05) is 13.0 Å². The van der Waals surface area contributed by atoms with Crippen LogP contribution in [0.3, 0.4) is 0 Å². The molecule has 4 rings (SSSR count). The Balaban J connectivity index is 1.59. The summed E-state index contributed by atoms with van der Waals surface area (Å²) in [5.74, 6) is 0.0833. The van der Waals surface area contributed by atoms with Crippen molar-refractivity contribution >= 4 is 23.4 Å². The third-order valence-electron chi connectivity index (χ3n) is 5.50. The molecule has 1 unspecified atom stereocenters. The van der Waals surface area contributed by atoms with Crippen LogP contribution < -0.4 is 15.5 Å². The van der Waals surface area contributed by atoms with Crippen LogP contribution >= 0.6 is 0 Å². The van der Waals surface area contributed by atoms with Gasteiger partial charge in [0.25, 0.3) is 5.91 Å². The molecule has 3 heterocycles. The van der Waals surface area contributed by atoms with Crippen molar-refractivity contribution < 1.29 is 14.4 Å². The molecule has 0 spiro atoms. The number of anilines is 1. The molecule has 1 aromatic carbocycles. The van der Waals surface area contributed by atoms with Crippen molar-refractivity contribution in [2.45, 2.75) is 25.4 Å². The summed E-state index contributed by atoms with van der Waals surface area (Å²) in [6.45, 7) is 4.28. The van der Waals surface area contributed by atoms with E-state index in [1.54, 1.807) is 28.0 Å². The topological polar surface area (TPSA) is 81.8 Å². The predicted octanol–water partition coefficient (Wildman–Crippen LogP) is 0.321. The number of hydrogen-bond acceptors (Lipinski definition) is 4. The minimum atomic E-state index is -0.780. The van der Waals surface area contributed by atoms with E-state index in [0.717, 1.165) is 13.1 Å². The molecule has 2 fully saturated rings. The van der Waals surface area contributed by atoms with Crippen LogP contribution in [0.15, 0.2) is 24.3 Å². The van der Waals surface area contributed by atoms with E-state index in [-0.39, 0.29) is 24.3 Å². The third-order valence-corrected chi connectivity index (χ3v) is 5.50. The highest BCUT2D eigenvalue weighted by Crippen LogP contribution is 2.43. The van der Waals surface area contributed by atoms with Gasteiger partial charge in [-0.1, -0.05) is 12.1 Å². The maximum atomic E-state index is 13.0. The molecule has 3 aliphatic heterocycles. The average Bonchev–Trinajstić information content (AvgIpc) is 2.86. The lowest BCUT2D eigenvalue weighted by molar-refractivity contribution is -0.124. The summed E-state index contributed by atoms with van der Waals surface area (Å²) in [5, 5.41) is 6.07. The van der Waals surface area contributed by atoms with Gasteiger partial charge in [0.15, 0.2) is 0 Å². The first-order chi connectivity index (χ1) is 12.0. The van der Waals surface area contributed by atoms with Gasteiger partial charge < -0.3 is 15.5 Å². The number of fused-ring (bicyclic) bond motifs is 3. The van der Waals surface area contributed by atoms with Crippen LogP contribution in [0.4, 0.5) is 5.69 Å². The van der Waals surface area contributed by atoms with Crippen molar-refractivity contribution in [2.75, 3.05) is 31.1 Å². The molecule has 3 aliphatic rings. The summed E-state index contributed by atoms with van der Waals surface area (Å²) in [6.07, 6.45) is 0.912. The van der Waals surface area contributed by atoms with E-state index >= 15 is 0 Å². The maximum absolute atomic E-state index is 13.0. The summed E-state index contributed by atoms with van der Waals surface area (Å²) in [7, 11) is 0. The lowest BCUT2D eigenvalue weighted by atomic mass is 9.98. The molecule has 7 heteroatoms. The molecule has 3 amide bonds. The van der Waals surface area contributed by atoms with Crippen molar-refractivity contribution in [1.82, 2.24) is 15.5 Å². The second-order valence-corrected chi connectivity index (χ2v) is 7.18. The SMILES string of the molecule is CC12CCC(=O)N1c1ccccc1C(=O)N2CC(=O)NCC1CNC1. The minimum Gasteiger partial charge on any atom is -0.354 e. The second-order valence-electron chi connectivity index (χ2n) is 7.18. The van der Waals surface area contributed by atoms with Gasteiger partial charge in [-0.3, -0.25) is 19.3 Å². The molecule has 0 radical (unpaired) electrons. The van der Waals surface area contributed by atoms with Crippen molar-refractivity contribution in [1.29, 1.82) is 0 Å². The zero-order chi connectivity index (χ0) is 17.6. The Morgan fingerprint density at radius 1 is 1.32 bits per heavy atom. The van der Waals surface area contributed by atoms with Gasteiger partial charge in [-0.2, -0.15) is 0 Å². The van der Waals surface area contributed by atoms with Crippen molar-refractivity contribution in [2.24, 2.45) is 5.92 Å². The van der Waals surface area contributed by atoms with E-state index in [2.05, 4.69) is 10.6 Å². The zero-order valence-corrected chi connectivity index (χ0v) is 14.2. The first-order valence-electron chi connectivity index (χ1n) is 8.72. The molecule has 1 aromatic rings. The molecule has 0 saturated carbocycles. The van der Waals surface area contributed by atoms with E-state index in [1.165, 1.54) is 0 Å². The molecule has 25 heavy (non-hydrogen) atoms. The van der Waals surface area contributed by atoms with Crippen LogP contribution in [-0.4, -0.2) is 54.5 Å². The lowest BCUT2D eigenvalue weighted by Crippen LogP contribution is -2.64. The first kappa shape index (κ1) is 16.1. The van der Waals surface area contributed by atoms with E-state index in [4.69, 9.17) is 0 Å². The molecule has 0 bridgehead atoms. The number of carbonyl (C=O) groups excluding carboxylic acids is 3. The van der Waals surface area contributed by atoms with Crippen molar-refractivity contribution in [3.8, 4) is 0 Å². The van der Waals surface area contributed by atoms with Gasteiger partial charge in [-0.05, 0) is 25.5 Å². The van der Waals surface area contributed by atoms with Gasteiger partial charge in [-0.25, -0.2) is 0 Å². The normalized spacial score (nSPS) is 25.5. The number of carbonyl (C=O) groups is 3. The second kappa shape index (κ2) is 5.84. The Morgan fingerprint density at radius 3 is 2.80 bits per heavy atom. The predicted molar refractivity (Wildman–Crippen MR) is 92.0 cm³/mol. The largest absolute Gasteiger partial charge is 0.354 e. The summed E-state index contributed by atoms with van der Waals surface area (Å²) < 4.78 is 0. The number of para-hydroxylation sites is 1. The molecule has 1 atom stereocenters. The number of benzene rings is 1. The Labute approximate surface area is 146 Å². The van der Waals surface area contributed by atoms with E-state index in [0.29, 0.717) is 36.6 Å². The van der Waals surface area contributed by atoms with Crippen LogP contribution in [0, 0.1) is 5.92 Å². The highest BCUT2D eigenvalue weighted by molar-refractivity contribution is 6.11. The molecule has 132 valence electrons. The molecular formula is C18H22N4O3. The standard InChI is InChI=1S/C18H22N4O3/c1-18-7-6-16(24)22(18)14-5-3-2-4-13(14)17(25)21(18)11-15(23)20-10-12-8-19-9-12/h2-5,12,19H,6-11H2,1H3,(H,20,23). The average molecular weight is 342 g/mol. The Kier molecular flexibility index (Phi) is 3.76. The Morgan fingerprint density at radius 2 is 2.08 bits per heavy atom.